The van der Waals surface area contributed by atoms with Crippen LogP contribution in [-0.2, 0) is 0 Å². The van der Waals surface area contributed by atoms with Gasteiger partial charge in [-0.1, -0.05) is 12.1 Å². The zero-order valence-electron chi connectivity index (χ0n) is 8.82. The first-order valence-electron chi connectivity index (χ1n) is 5.12. The molecule has 0 radical (unpaired) electrons. The van der Waals surface area contributed by atoms with E-state index in [2.05, 4.69) is 22.6 Å². The van der Waals surface area contributed by atoms with E-state index in [-0.39, 0.29) is 0 Å². The molecule has 0 N–H and O–H groups in total. The average molecular weight is 231 g/mol. The lowest BCUT2D eigenvalue weighted by Crippen LogP contribution is -2.21. The van der Waals surface area contributed by atoms with Crippen molar-refractivity contribution < 1.29 is 0 Å². The van der Waals surface area contributed by atoms with Gasteiger partial charge in [0.05, 0.1) is 0 Å². The third kappa shape index (κ3) is 2.52. The smallest absolute Gasteiger partial charge is 0.134 e. The van der Waals surface area contributed by atoms with Crippen molar-refractivity contribution in [3.8, 4) is 0 Å². The molecule has 0 aromatic carbocycles. The van der Waals surface area contributed by atoms with Crippen molar-refractivity contribution >= 4 is 24.3 Å². The van der Waals surface area contributed by atoms with Crippen molar-refractivity contribution in [3.05, 3.63) is 48.8 Å². The number of rotatable bonds is 4. The maximum absolute atomic E-state index is 4.33. The van der Waals surface area contributed by atoms with Gasteiger partial charge in [-0.2, -0.15) is 12.6 Å². The Morgan fingerprint density at radius 1 is 0.938 bits per heavy atom. The highest BCUT2D eigenvalue weighted by Crippen LogP contribution is 2.19. The summed E-state index contributed by atoms with van der Waals surface area (Å²) in [5, 5.41) is 0. The Labute approximate surface area is 101 Å². The van der Waals surface area contributed by atoms with Crippen LogP contribution in [-0.4, -0.2) is 22.3 Å². The molecule has 2 aromatic heterocycles. The van der Waals surface area contributed by atoms with Crippen LogP contribution >= 0.6 is 12.6 Å². The Morgan fingerprint density at radius 3 is 1.88 bits per heavy atom. The molecule has 82 valence electrons. The number of pyridine rings is 2. The molecule has 0 atom stereocenters. The first-order valence-corrected chi connectivity index (χ1v) is 5.75. The normalized spacial score (nSPS) is 10.1. The van der Waals surface area contributed by atoms with Crippen molar-refractivity contribution in [3.63, 3.8) is 0 Å². The highest BCUT2D eigenvalue weighted by Gasteiger charge is 2.09. The van der Waals surface area contributed by atoms with E-state index in [1.807, 2.05) is 41.3 Å². The Kier molecular flexibility index (Phi) is 3.77. The van der Waals surface area contributed by atoms with Crippen molar-refractivity contribution in [2.24, 2.45) is 0 Å². The van der Waals surface area contributed by atoms with Crippen LogP contribution in [0.4, 0.5) is 11.6 Å². The first-order chi connectivity index (χ1) is 7.92. The molecule has 2 aromatic rings. The van der Waals surface area contributed by atoms with Gasteiger partial charge in [-0.3, -0.25) is 0 Å². The number of anilines is 2. The molecule has 0 fully saturated rings. The SMILES string of the molecule is SCCN(c1ccccn1)c1ccccn1. The van der Waals surface area contributed by atoms with E-state index in [0.717, 1.165) is 23.9 Å². The van der Waals surface area contributed by atoms with Gasteiger partial charge in [-0.25, -0.2) is 9.97 Å². The van der Waals surface area contributed by atoms with Crippen molar-refractivity contribution in [2.75, 3.05) is 17.2 Å². The third-order valence-electron chi connectivity index (χ3n) is 2.18. The molecule has 3 nitrogen and oxygen atoms in total. The molecule has 16 heavy (non-hydrogen) atoms. The van der Waals surface area contributed by atoms with Crippen LogP contribution < -0.4 is 4.90 Å². The molecule has 0 bridgehead atoms. The summed E-state index contributed by atoms with van der Waals surface area (Å²) in [6.07, 6.45) is 3.56. The lowest BCUT2D eigenvalue weighted by molar-refractivity contribution is 0.971. The molecule has 2 heterocycles. The minimum Gasteiger partial charge on any atom is -0.310 e. The second-order valence-corrected chi connectivity index (χ2v) is 3.70. The molecule has 0 amide bonds. The lowest BCUT2D eigenvalue weighted by atomic mass is 10.3. The van der Waals surface area contributed by atoms with Gasteiger partial charge < -0.3 is 4.90 Å². The molecule has 0 aliphatic rings. The van der Waals surface area contributed by atoms with Gasteiger partial charge in [0.1, 0.15) is 11.6 Å². The van der Waals surface area contributed by atoms with Crippen LogP contribution in [0.5, 0.6) is 0 Å². The van der Waals surface area contributed by atoms with Gasteiger partial charge in [-0.05, 0) is 24.3 Å². The average Bonchev–Trinajstić information content (AvgIpc) is 2.38. The molecular weight excluding hydrogens is 218 g/mol. The summed E-state index contributed by atoms with van der Waals surface area (Å²) in [5.74, 6) is 2.55. The maximum atomic E-state index is 4.33. The monoisotopic (exact) mass is 231 g/mol. The van der Waals surface area contributed by atoms with E-state index in [4.69, 9.17) is 0 Å². The number of nitrogens with zero attached hydrogens (tertiary/aromatic N) is 3. The fourth-order valence-corrected chi connectivity index (χ4v) is 1.67. The second-order valence-electron chi connectivity index (χ2n) is 3.25. The van der Waals surface area contributed by atoms with Gasteiger partial charge in [0.2, 0.25) is 0 Å². The summed E-state index contributed by atoms with van der Waals surface area (Å²) < 4.78 is 0. The van der Waals surface area contributed by atoms with Crippen LogP contribution in [0.2, 0.25) is 0 Å². The second kappa shape index (κ2) is 5.51. The van der Waals surface area contributed by atoms with Crippen molar-refractivity contribution in [1.82, 2.24) is 9.97 Å². The van der Waals surface area contributed by atoms with E-state index in [1.165, 1.54) is 0 Å². The fourth-order valence-electron chi connectivity index (χ4n) is 1.47. The van der Waals surface area contributed by atoms with E-state index in [0.29, 0.717) is 0 Å². The Morgan fingerprint density at radius 2 is 1.50 bits per heavy atom. The highest BCUT2D eigenvalue weighted by molar-refractivity contribution is 7.80. The van der Waals surface area contributed by atoms with Crippen LogP contribution in [0.25, 0.3) is 0 Å². The Bertz CT molecular complexity index is 379. The zero-order chi connectivity index (χ0) is 11.2. The Balaban J connectivity index is 2.31. The number of hydrogen-bond acceptors (Lipinski definition) is 4. The molecule has 0 aliphatic carbocycles. The van der Waals surface area contributed by atoms with Gasteiger partial charge >= 0.3 is 0 Å². The Hall–Kier alpha value is -1.55. The van der Waals surface area contributed by atoms with Crippen molar-refractivity contribution in [1.29, 1.82) is 0 Å². The minimum atomic E-state index is 0.757. The topological polar surface area (TPSA) is 29.0 Å². The summed E-state index contributed by atoms with van der Waals surface area (Å²) in [4.78, 5) is 10.7. The van der Waals surface area contributed by atoms with Crippen LogP contribution in [0.15, 0.2) is 48.8 Å². The zero-order valence-corrected chi connectivity index (χ0v) is 9.72. The lowest BCUT2D eigenvalue weighted by Gasteiger charge is -2.21. The predicted molar refractivity (Wildman–Crippen MR) is 69.3 cm³/mol. The molecule has 2 rings (SSSR count). The standard InChI is InChI=1S/C12H13N3S/c16-10-9-15(11-5-1-3-7-13-11)12-6-2-4-8-14-12/h1-8,16H,9-10H2. The molecule has 0 unspecified atom stereocenters. The number of aromatic nitrogens is 2. The third-order valence-corrected chi connectivity index (χ3v) is 2.38. The maximum Gasteiger partial charge on any atom is 0.134 e. The summed E-state index contributed by atoms with van der Waals surface area (Å²) >= 11 is 4.26. The molecule has 0 aliphatic heterocycles. The van der Waals surface area contributed by atoms with E-state index >= 15 is 0 Å². The van der Waals surface area contributed by atoms with Crippen molar-refractivity contribution in [2.45, 2.75) is 0 Å². The highest BCUT2D eigenvalue weighted by atomic mass is 32.1. The summed E-state index contributed by atoms with van der Waals surface area (Å²) in [5.41, 5.74) is 0. The number of thiol groups is 1. The van der Waals surface area contributed by atoms with E-state index in [1.54, 1.807) is 12.4 Å². The summed E-state index contributed by atoms with van der Waals surface area (Å²) in [6.45, 7) is 0.789. The first kappa shape index (κ1) is 11.0. The quantitative estimate of drug-likeness (QED) is 0.820. The summed E-state index contributed by atoms with van der Waals surface area (Å²) in [7, 11) is 0. The van der Waals surface area contributed by atoms with Gasteiger partial charge in [0.15, 0.2) is 0 Å². The summed E-state index contributed by atoms with van der Waals surface area (Å²) in [6, 6.07) is 11.7. The van der Waals surface area contributed by atoms with Gasteiger partial charge in [-0.15, -0.1) is 0 Å². The largest absolute Gasteiger partial charge is 0.310 e. The fraction of sp³-hybridized carbons (Fsp3) is 0.167. The van der Waals surface area contributed by atoms with Crippen LogP contribution in [0.1, 0.15) is 0 Å². The molecular formula is C12H13N3S. The molecule has 0 saturated carbocycles. The molecule has 0 spiro atoms. The molecule has 0 saturated heterocycles. The van der Waals surface area contributed by atoms with E-state index in [9.17, 15) is 0 Å². The molecule has 4 heteroatoms. The van der Waals surface area contributed by atoms with Gasteiger partial charge in [0.25, 0.3) is 0 Å². The number of hydrogen-bond donors (Lipinski definition) is 1. The predicted octanol–water partition coefficient (Wildman–Crippen LogP) is 2.54. The minimum absolute atomic E-state index is 0.757. The van der Waals surface area contributed by atoms with Crippen LogP contribution in [0, 0.1) is 0 Å². The van der Waals surface area contributed by atoms with Crippen LogP contribution in [0.3, 0.4) is 0 Å². The van der Waals surface area contributed by atoms with E-state index < -0.39 is 0 Å². The van der Waals surface area contributed by atoms with Gasteiger partial charge in [0, 0.05) is 24.7 Å².